The van der Waals surface area contributed by atoms with Gasteiger partial charge >= 0.3 is 6.55 Å². The normalized spacial score (nSPS) is 24.0. The van der Waals surface area contributed by atoms with Gasteiger partial charge in [0.2, 0.25) is 0 Å². The third-order valence-corrected chi connectivity index (χ3v) is 6.10. The Labute approximate surface area is 164 Å². The van der Waals surface area contributed by atoms with Crippen molar-refractivity contribution in [2.45, 2.75) is 38.2 Å². The Bertz CT molecular complexity index is 928. The van der Waals surface area contributed by atoms with Crippen molar-refractivity contribution >= 4 is 29.0 Å². The summed E-state index contributed by atoms with van der Waals surface area (Å²) in [5.41, 5.74) is 0.679. The van der Waals surface area contributed by atoms with Gasteiger partial charge in [-0.2, -0.15) is 8.78 Å². The van der Waals surface area contributed by atoms with E-state index in [1.54, 1.807) is 6.07 Å². The number of hydrogen-bond donors (Lipinski definition) is 1. The first-order chi connectivity index (χ1) is 13.3. The largest absolute Gasteiger partial charge is 0.321 e. The van der Waals surface area contributed by atoms with Crippen molar-refractivity contribution < 1.29 is 22.8 Å². The third-order valence-electron chi connectivity index (χ3n) is 5.81. The first kappa shape index (κ1) is 19.1. The van der Waals surface area contributed by atoms with Gasteiger partial charge in [-0.1, -0.05) is 11.6 Å². The molecule has 0 spiro atoms. The lowest BCUT2D eigenvalue weighted by Gasteiger charge is -2.16. The first-order valence-electron chi connectivity index (χ1n) is 9.10. The summed E-state index contributed by atoms with van der Waals surface area (Å²) >= 11 is 5.73. The van der Waals surface area contributed by atoms with E-state index in [4.69, 9.17) is 11.6 Å². The van der Waals surface area contributed by atoms with Crippen molar-refractivity contribution in [1.82, 2.24) is 4.57 Å². The van der Waals surface area contributed by atoms with Crippen LogP contribution in [0.1, 0.15) is 54.2 Å². The number of amides is 1. The minimum absolute atomic E-state index is 0.0411. The lowest BCUT2D eigenvalue weighted by molar-refractivity contribution is -0.117. The minimum atomic E-state index is -2.87. The molecule has 2 fully saturated rings. The number of anilines is 1. The predicted octanol–water partition coefficient (Wildman–Crippen LogP) is 5.40. The molecule has 1 aromatic carbocycles. The van der Waals surface area contributed by atoms with E-state index < -0.39 is 18.3 Å². The molecular formula is C20H18ClF3N2O2. The van der Waals surface area contributed by atoms with Crippen LogP contribution in [-0.4, -0.2) is 16.3 Å². The van der Waals surface area contributed by atoms with Crippen molar-refractivity contribution in [2.24, 2.45) is 11.8 Å². The highest BCUT2D eigenvalue weighted by Crippen LogP contribution is 2.50. The maximum Gasteiger partial charge on any atom is 0.319 e. The van der Waals surface area contributed by atoms with E-state index in [0.717, 1.165) is 6.07 Å². The summed E-state index contributed by atoms with van der Waals surface area (Å²) in [4.78, 5) is 24.4. The molecule has 0 aliphatic heterocycles. The molecule has 1 aromatic heterocycles. The molecule has 2 aliphatic carbocycles. The van der Waals surface area contributed by atoms with E-state index in [1.165, 1.54) is 18.3 Å². The van der Waals surface area contributed by atoms with Crippen LogP contribution in [0.3, 0.4) is 0 Å². The molecular weight excluding hydrogens is 393 g/mol. The average molecular weight is 411 g/mol. The zero-order chi connectivity index (χ0) is 20.0. The van der Waals surface area contributed by atoms with E-state index in [-0.39, 0.29) is 39.9 Å². The van der Waals surface area contributed by atoms with Gasteiger partial charge in [0.1, 0.15) is 17.3 Å². The molecule has 2 atom stereocenters. The number of benzene rings is 1. The highest BCUT2D eigenvalue weighted by Gasteiger charge is 2.43. The van der Waals surface area contributed by atoms with E-state index in [9.17, 15) is 22.8 Å². The zero-order valence-electron chi connectivity index (χ0n) is 14.8. The number of ketones is 1. The van der Waals surface area contributed by atoms with E-state index in [2.05, 4.69) is 5.32 Å². The number of nitrogens with one attached hydrogen (secondary N) is 1. The molecule has 8 heteroatoms. The van der Waals surface area contributed by atoms with Crippen LogP contribution >= 0.6 is 11.6 Å². The number of alkyl halides is 2. The van der Waals surface area contributed by atoms with E-state index >= 15 is 0 Å². The Kier molecular flexibility index (Phi) is 4.95. The van der Waals surface area contributed by atoms with Gasteiger partial charge in [0, 0.05) is 24.7 Å². The van der Waals surface area contributed by atoms with Gasteiger partial charge < -0.3 is 5.32 Å². The number of nitrogens with zero attached hydrogens (tertiary/aromatic N) is 1. The van der Waals surface area contributed by atoms with Crippen molar-refractivity contribution in [3.05, 3.63) is 52.6 Å². The molecule has 4 nitrogen and oxygen atoms in total. The van der Waals surface area contributed by atoms with E-state index in [0.29, 0.717) is 35.8 Å². The molecule has 2 aromatic rings. The number of hydrogen-bond acceptors (Lipinski definition) is 2. The summed E-state index contributed by atoms with van der Waals surface area (Å²) in [5.74, 6) is -0.594. The average Bonchev–Trinajstić information content (AvgIpc) is 3.29. The van der Waals surface area contributed by atoms with Gasteiger partial charge in [-0.15, -0.1) is 0 Å². The predicted molar refractivity (Wildman–Crippen MR) is 98.2 cm³/mol. The molecule has 1 amide bonds. The number of fused-ring (bicyclic) bond motifs is 1. The lowest BCUT2D eigenvalue weighted by Crippen LogP contribution is -2.20. The highest BCUT2D eigenvalue weighted by atomic mass is 35.5. The number of carbonyl (C=O) groups excluding carboxylic acids is 2. The summed E-state index contributed by atoms with van der Waals surface area (Å²) in [6, 6.07) is 5.21. The van der Waals surface area contributed by atoms with Crippen LogP contribution in [0.25, 0.3) is 0 Å². The summed E-state index contributed by atoms with van der Waals surface area (Å²) in [6.07, 6.45) is 3.71. The molecule has 148 valence electrons. The second-order valence-corrected chi connectivity index (χ2v) is 7.93. The number of carbonyl (C=O) groups is 2. The summed E-state index contributed by atoms with van der Waals surface area (Å²) in [7, 11) is 0. The second kappa shape index (κ2) is 7.28. The molecule has 2 saturated carbocycles. The van der Waals surface area contributed by atoms with Crippen LogP contribution in [0.4, 0.5) is 18.9 Å². The van der Waals surface area contributed by atoms with Crippen LogP contribution in [0.5, 0.6) is 0 Å². The van der Waals surface area contributed by atoms with Gasteiger partial charge in [-0.25, -0.2) is 4.39 Å². The van der Waals surface area contributed by atoms with Gasteiger partial charge in [0.25, 0.3) is 5.91 Å². The molecule has 0 bridgehead atoms. The molecule has 4 rings (SSSR count). The first-order valence-corrected chi connectivity index (χ1v) is 9.48. The number of Topliss-reactive ketones (excluding diaryl/α,β-unsaturated/α-hetero) is 1. The van der Waals surface area contributed by atoms with Gasteiger partial charge in [-0.05, 0) is 60.4 Å². The molecule has 2 unspecified atom stereocenters. The molecule has 0 radical (unpaired) electrons. The SMILES string of the molecule is O=C1CC2CC(c3ccn(C(F)F)c3C(=O)Nc3ccc(F)c(Cl)c3)CC2C1. The smallest absolute Gasteiger partial charge is 0.319 e. The zero-order valence-corrected chi connectivity index (χ0v) is 15.6. The molecule has 2 aliphatic rings. The molecule has 28 heavy (non-hydrogen) atoms. The number of rotatable bonds is 4. The Morgan fingerprint density at radius 3 is 2.46 bits per heavy atom. The molecule has 0 saturated heterocycles. The van der Waals surface area contributed by atoms with Crippen LogP contribution < -0.4 is 5.32 Å². The Hall–Kier alpha value is -2.28. The minimum Gasteiger partial charge on any atom is -0.321 e. The van der Waals surface area contributed by atoms with Crippen LogP contribution in [0, 0.1) is 17.7 Å². The quantitative estimate of drug-likeness (QED) is 0.733. The maximum atomic E-state index is 13.5. The van der Waals surface area contributed by atoms with Crippen LogP contribution in [0.15, 0.2) is 30.5 Å². The number of halogens is 4. The lowest BCUT2D eigenvalue weighted by atomic mass is 9.94. The summed E-state index contributed by atoms with van der Waals surface area (Å²) < 4.78 is 41.0. The fourth-order valence-electron chi connectivity index (χ4n) is 4.60. The van der Waals surface area contributed by atoms with Crippen molar-refractivity contribution in [3.8, 4) is 0 Å². The van der Waals surface area contributed by atoms with Gasteiger partial charge in [-0.3, -0.25) is 14.2 Å². The Balaban J connectivity index is 1.62. The monoisotopic (exact) mass is 410 g/mol. The number of aromatic nitrogens is 1. The molecule has 1 heterocycles. The topological polar surface area (TPSA) is 51.1 Å². The Morgan fingerprint density at radius 2 is 1.86 bits per heavy atom. The summed E-state index contributed by atoms with van der Waals surface area (Å²) in [6.45, 7) is -2.87. The van der Waals surface area contributed by atoms with Gasteiger partial charge in [0.15, 0.2) is 0 Å². The van der Waals surface area contributed by atoms with Crippen LogP contribution in [-0.2, 0) is 4.79 Å². The highest BCUT2D eigenvalue weighted by molar-refractivity contribution is 6.31. The van der Waals surface area contributed by atoms with Crippen molar-refractivity contribution in [3.63, 3.8) is 0 Å². The third kappa shape index (κ3) is 3.43. The second-order valence-electron chi connectivity index (χ2n) is 7.52. The Morgan fingerprint density at radius 1 is 1.18 bits per heavy atom. The van der Waals surface area contributed by atoms with Gasteiger partial charge in [0.05, 0.1) is 5.02 Å². The van der Waals surface area contributed by atoms with Crippen molar-refractivity contribution in [1.29, 1.82) is 0 Å². The standard InChI is InChI=1S/C20H18ClF3N2O2/c21-16-9-13(1-2-17(16)22)25-19(28)18-15(3-4-26(18)20(23)24)12-5-10-7-14(27)8-11(10)6-12/h1-4,9-12,20H,5-8H2,(H,25,28). The maximum absolute atomic E-state index is 13.5. The fraction of sp³-hybridized carbons (Fsp3) is 0.400. The van der Waals surface area contributed by atoms with E-state index in [1.807, 2.05) is 0 Å². The van der Waals surface area contributed by atoms with Crippen LogP contribution in [0.2, 0.25) is 5.02 Å². The fourth-order valence-corrected chi connectivity index (χ4v) is 4.78. The molecule has 1 N–H and O–H groups in total. The summed E-state index contributed by atoms with van der Waals surface area (Å²) in [5, 5.41) is 2.36. The van der Waals surface area contributed by atoms with Crippen molar-refractivity contribution in [2.75, 3.05) is 5.32 Å².